The number of nitrogen functional groups attached to an aromatic ring is 1. The number of aliphatic hydroxyl groups excluding tert-OH is 2. The molecular weight excluding hydrogens is 334 g/mol. The monoisotopic (exact) mass is 357 g/mol. The summed E-state index contributed by atoms with van der Waals surface area (Å²) in [6, 6.07) is 0. The van der Waals surface area contributed by atoms with Crippen LogP contribution in [-0.2, 0) is 15.6 Å². The summed E-state index contributed by atoms with van der Waals surface area (Å²) in [5, 5.41) is 20.7. The SMILES string of the molecule is [14CH3][S+](CCCN)C[C@H]1O[C@@H](n2cnc3c(N)ncnc32)[C@H](O)[C@@H]1O. The summed E-state index contributed by atoms with van der Waals surface area (Å²) in [5.74, 6) is 1.93. The van der Waals surface area contributed by atoms with E-state index < -0.39 is 24.5 Å². The Kier molecular flexibility index (Phi) is 5.21. The van der Waals surface area contributed by atoms with Gasteiger partial charge < -0.3 is 26.4 Å². The first-order chi connectivity index (χ1) is 11.5. The molecule has 0 aromatic carbocycles. The molecule has 1 unspecified atom stereocenters. The van der Waals surface area contributed by atoms with Crippen molar-refractivity contribution in [3.63, 3.8) is 0 Å². The fourth-order valence-electron chi connectivity index (χ4n) is 2.85. The van der Waals surface area contributed by atoms with Gasteiger partial charge in [-0.2, -0.15) is 0 Å². The maximum atomic E-state index is 10.4. The van der Waals surface area contributed by atoms with Gasteiger partial charge in [-0.05, 0) is 17.4 Å². The second kappa shape index (κ2) is 7.19. The summed E-state index contributed by atoms with van der Waals surface area (Å²) >= 11 is 0. The van der Waals surface area contributed by atoms with Gasteiger partial charge in [0.1, 0.15) is 41.7 Å². The van der Waals surface area contributed by atoms with Crippen LogP contribution in [0.5, 0.6) is 0 Å². The molecular formula is C14H23N6O3S+. The lowest BCUT2D eigenvalue weighted by molar-refractivity contribution is -0.0290. The molecule has 6 N–H and O–H groups in total. The minimum Gasteiger partial charge on any atom is -0.387 e. The summed E-state index contributed by atoms with van der Waals surface area (Å²) in [4.78, 5) is 12.2. The number of nitrogens with two attached hydrogens (primary N) is 2. The Balaban J connectivity index is 1.78. The Bertz CT molecular complexity index is 698. The number of fused-ring (bicyclic) bond motifs is 1. The van der Waals surface area contributed by atoms with Crippen LogP contribution in [0.25, 0.3) is 11.2 Å². The van der Waals surface area contributed by atoms with Gasteiger partial charge in [0.2, 0.25) is 0 Å². The zero-order valence-corrected chi connectivity index (χ0v) is 14.3. The molecule has 0 amide bonds. The van der Waals surface area contributed by atoms with Crippen molar-refractivity contribution in [3.05, 3.63) is 12.7 Å². The first-order valence-corrected chi connectivity index (χ1v) is 9.74. The van der Waals surface area contributed by atoms with E-state index in [1.54, 1.807) is 4.57 Å². The lowest BCUT2D eigenvalue weighted by Crippen LogP contribution is -2.35. The fraction of sp³-hybridized carbons (Fsp3) is 0.643. The van der Waals surface area contributed by atoms with Crippen LogP contribution in [0.2, 0.25) is 0 Å². The van der Waals surface area contributed by atoms with Gasteiger partial charge in [-0.1, -0.05) is 0 Å². The zero-order valence-electron chi connectivity index (χ0n) is 13.4. The number of rotatable bonds is 6. The lowest BCUT2D eigenvalue weighted by Gasteiger charge is -2.16. The van der Waals surface area contributed by atoms with E-state index >= 15 is 0 Å². The van der Waals surface area contributed by atoms with Crippen molar-refractivity contribution in [2.45, 2.75) is 31.0 Å². The highest BCUT2D eigenvalue weighted by Crippen LogP contribution is 2.32. The number of hydrogen-bond donors (Lipinski definition) is 4. The first-order valence-electron chi connectivity index (χ1n) is 7.76. The highest BCUT2D eigenvalue weighted by atomic mass is 32.2. The molecule has 3 rings (SSSR count). The van der Waals surface area contributed by atoms with Crippen molar-refractivity contribution in [2.24, 2.45) is 5.73 Å². The molecule has 0 aliphatic carbocycles. The largest absolute Gasteiger partial charge is 0.387 e. The van der Waals surface area contributed by atoms with Gasteiger partial charge >= 0.3 is 0 Å². The molecule has 1 saturated heterocycles. The van der Waals surface area contributed by atoms with Crippen molar-refractivity contribution >= 4 is 27.9 Å². The number of hydrogen-bond acceptors (Lipinski definition) is 8. The van der Waals surface area contributed by atoms with Crippen LogP contribution in [0, 0.1) is 0 Å². The molecule has 3 heterocycles. The lowest BCUT2D eigenvalue weighted by atomic mass is 10.1. The van der Waals surface area contributed by atoms with Gasteiger partial charge in [0.05, 0.1) is 12.6 Å². The first kappa shape index (κ1) is 17.4. The van der Waals surface area contributed by atoms with Crippen LogP contribution >= 0.6 is 0 Å². The van der Waals surface area contributed by atoms with Crippen molar-refractivity contribution in [2.75, 3.05) is 30.0 Å². The van der Waals surface area contributed by atoms with Crippen LogP contribution in [0.15, 0.2) is 12.7 Å². The minimum atomic E-state index is -1.06. The Morgan fingerprint density at radius 1 is 1.29 bits per heavy atom. The maximum absolute atomic E-state index is 10.4. The third kappa shape index (κ3) is 3.20. The summed E-state index contributed by atoms with van der Waals surface area (Å²) < 4.78 is 7.52. The molecule has 24 heavy (non-hydrogen) atoms. The van der Waals surface area contributed by atoms with E-state index in [1.165, 1.54) is 12.7 Å². The van der Waals surface area contributed by atoms with Crippen molar-refractivity contribution in [1.82, 2.24) is 19.5 Å². The van der Waals surface area contributed by atoms with Gasteiger partial charge in [-0.3, -0.25) is 4.57 Å². The molecule has 0 bridgehead atoms. The number of imidazole rings is 1. The molecule has 0 radical (unpaired) electrons. The van der Waals surface area contributed by atoms with Gasteiger partial charge in [-0.25, -0.2) is 15.0 Å². The Morgan fingerprint density at radius 2 is 2.08 bits per heavy atom. The maximum Gasteiger partial charge on any atom is 0.167 e. The predicted octanol–water partition coefficient (Wildman–Crippen LogP) is -1.38. The molecule has 0 spiro atoms. The van der Waals surface area contributed by atoms with Crippen LogP contribution in [-0.4, -0.2) is 72.4 Å². The number of aromatic nitrogens is 4. The molecule has 9 nitrogen and oxygen atoms in total. The highest BCUT2D eigenvalue weighted by Gasteiger charge is 2.46. The number of ether oxygens (including phenoxy) is 1. The average molecular weight is 357 g/mol. The Labute approximate surface area is 142 Å². The van der Waals surface area contributed by atoms with Crippen LogP contribution < -0.4 is 11.5 Å². The molecule has 2 aromatic rings. The topological polar surface area (TPSA) is 145 Å². The Morgan fingerprint density at radius 3 is 2.83 bits per heavy atom. The summed E-state index contributed by atoms with van der Waals surface area (Å²) in [7, 11) is 0.0655. The van der Waals surface area contributed by atoms with Gasteiger partial charge in [0.25, 0.3) is 0 Å². The summed E-state index contributed by atoms with van der Waals surface area (Å²) in [6.07, 6.45) is 2.68. The van der Waals surface area contributed by atoms with E-state index in [2.05, 4.69) is 21.2 Å². The third-order valence-electron chi connectivity index (χ3n) is 4.14. The molecule has 5 atom stereocenters. The molecule has 1 fully saturated rings. The van der Waals surface area contributed by atoms with E-state index in [4.69, 9.17) is 16.2 Å². The quantitative estimate of drug-likeness (QED) is 0.463. The number of aliphatic hydroxyl groups is 2. The van der Waals surface area contributed by atoms with E-state index in [-0.39, 0.29) is 16.7 Å². The fourth-order valence-corrected chi connectivity index (χ4v) is 4.51. The molecule has 1 aliphatic heterocycles. The van der Waals surface area contributed by atoms with E-state index in [0.717, 1.165) is 12.2 Å². The smallest absolute Gasteiger partial charge is 0.167 e. The van der Waals surface area contributed by atoms with Crippen molar-refractivity contribution in [1.29, 1.82) is 0 Å². The van der Waals surface area contributed by atoms with Gasteiger partial charge in [0.15, 0.2) is 17.7 Å². The van der Waals surface area contributed by atoms with Crippen LogP contribution in [0.1, 0.15) is 12.6 Å². The molecule has 132 valence electrons. The van der Waals surface area contributed by atoms with Crippen molar-refractivity contribution in [3.8, 4) is 0 Å². The summed E-state index contributed by atoms with van der Waals surface area (Å²) in [5.41, 5.74) is 12.2. The van der Waals surface area contributed by atoms with Crippen molar-refractivity contribution < 1.29 is 14.9 Å². The minimum absolute atomic E-state index is 0.0655. The van der Waals surface area contributed by atoms with Gasteiger partial charge in [-0.15, -0.1) is 0 Å². The second-order valence-electron chi connectivity index (χ2n) is 5.92. The van der Waals surface area contributed by atoms with Crippen LogP contribution in [0.3, 0.4) is 0 Å². The van der Waals surface area contributed by atoms with Crippen LogP contribution in [0.4, 0.5) is 5.82 Å². The molecule has 0 saturated carbocycles. The third-order valence-corrected chi connectivity index (χ3v) is 6.03. The van der Waals surface area contributed by atoms with Gasteiger partial charge in [0, 0.05) is 6.42 Å². The van der Waals surface area contributed by atoms with E-state index in [9.17, 15) is 10.2 Å². The summed E-state index contributed by atoms with van der Waals surface area (Å²) in [6.45, 7) is 0.652. The standard InChI is InChI=1S/C14H23N6O3S/c1-24(4-2-3-15)5-8-10(21)11(22)14(23-8)20-7-19-9-12(16)17-6-18-13(9)20/h6-8,10-11,14,21-22H,2-5,15H2,1H3,(H2,16,17,18)/q+1/t8-,10-,11-,14-,24?/m1/s1/i1+2. The molecule has 1 aliphatic rings. The molecule has 2 aromatic heterocycles. The average Bonchev–Trinajstić information content (AvgIpc) is 3.10. The van der Waals surface area contributed by atoms with E-state index in [0.29, 0.717) is 23.5 Å². The van der Waals surface area contributed by atoms with E-state index in [1.807, 2.05) is 0 Å². The predicted molar refractivity (Wildman–Crippen MR) is 92.4 cm³/mol. The zero-order chi connectivity index (χ0) is 17.3. The molecule has 10 heteroatoms. The number of anilines is 1. The normalized spacial score (nSPS) is 28.5. The number of nitrogens with zero attached hydrogens (tertiary/aromatic N) is 4. The Hall–Kier alpha value is -1.46. The highest BCUT2D eigenvalue weighted by molar-refractivity contribution is 7.96. The second-order valence-corrected chi connectivity index (χ2v) is 8.23.